The number of primary amides is 1. The van der Waals surface area contributed by atoms with Crippen LogP contribution in [0.2, 0.25) is 0 Å². The van der Waals surface area contributed by atoms with Crippen molar-refractivity contribution >= 4 is 23.2 Å². The fourth-order valence-corrected chi connectivity index (χ4v) is 4.64. The van der Waals surface area contributed by atoms with Gasteiger partial charge in [0.2, 0.25) is 0 Å². The van der Waals surface area contributed by atoms with Crippen LogP contribution < -0.4 is 11.5 Å². The summed E-state index contributed by atoms with van der Waals surface area (Å²) < 4.78 is 0. The Kier molecular flexibility index (Phi) is 3.64. The van der Waals surface area contributed by atoms with E-state index in [2.05, 4.69) is 0 Å². The zero-order valence-electron chi connectivity index (χ0n) is 14.2. The van der Waals surface area contributed by atoms with Gasteiger partial charge in [-0.3, -0.25) is 14.4 Å². The number of hydrogen-bond acceptors (Lipinski definition) is 7. The topological polar surface area (TPSA) is 164 Å². The van der Waals surface area contributed by atoms with Gasteiger partial charge in [0.05, 0.1) is 17.5 Å². The number of amides is 1. The number of phenols is 1. The number of fused-ring (bicyclic) bond motifs is 3. The summed E-state index contributed by atoms with van der Waals surface area (Å²) in [6, 6.07) is 3.71. The van der Waals surface area contributed by atoms with Gasteiger partial charge in [-0.1, -0.05) is 12.1 Å². The monoisotopic (exact) mass is 370 g/mol. The number of rotatable bonds is 1. The smallest absolute Gasteiger partial charge is 0.255 e. The third kappa shape index (κ3) is 2.23. The number of Topliss-reactive ketones (excluding diaryl/α,β-unsaturated/α-hetero) is 2. The second kappa shape index (κ2) is 5.68. The Balaban J connectivity index is 1.87. The average Bonchev–Trinajstić information content (AvgIpc) is 2.59. The zero-order chi connectivity index (χ0) is 19.6. The number of allylic oxidation sites excluding steroid dienone is 1. The molecule has 0 unspecified atom stereocenters. The van der Waals surface area contributed by atoms with E-state index in [0.717, 1.165) is 0 Å². The molecule has 8 nitrogen and oxygen atoms in total. The van der Waals surface area contributed by atoms with Crippen LogP contribution in [0.15, 0.2) is 35.1 Å². The Morgan fingerprint density at radius 2 is 1.81 bits per heavy atom. The maximum Gasteiger partial charge on any atom is 0.255 e. The summed E-state index contributed by atoms with van der Waals surface area (Å²) >= 11 is 0. The number of benzene rings is 1. The van der Waals surface area contributed by atoms with E-state index in [1.807, 2.05) is 0 Å². The number of carbonyl (C=O) groups excluding carboxylic acids is 3. The van der Waals surface area contributed by atoms with Gasteiger partial charge < -0.3 is 26.8 Å². The summed E-state index contributed by atoms with van der Waals surface area (Å²) in [5, 5.41) is 30.9. The molecule has 140 valence electrons. The number of ketones is 2. The first-order chi connectivity index (χ1) is 12.7. The van der Waals surface area contributed by atoms with E-state index in [9.17, 15) is 29.7 Å². The quantitative estimate of drug-likeness (QED) is 0.349. The van der Waals surface area contributed by atoms with E-state index in [-0.39, 0.29) is 29.1 Å². The van der Waals surface area contributed by atoms with Gasteiger partial charge in [-0.05, 0) is 36.3 Å². The van der Waals surface area contributed by atoms with Crippen molar-refractivity contribution in [2.24, 2.45) is 29.2 Å². The number of aliphatic hydroxyl groups excluding tert-OH is 2. The summed E-state index contributed by atoms with van der Waals surface area (Å²) in [6.07, 6.45) is 0.653. The highest BCUT2D eigenvalue weighted by atomic mass is 16.3. The molecule has 0 radical (unpaired) electrons. The normalized spacial score (nSPS) is 30.0. The maximum absolute atomic E-state index is 13.1. The van der Waals surface area contributed by atoms with Gasteiger partial charge in [0.15, 0.2) is 11.6 Å². The van der Waals surface area contributed by atoms with Crippen LogP contribution in [0.25, 0.3) is 5.76 Å². The van der Waals surface area contributed by atoms with Crippen LogP contribution in [-0.2, 0) is 20.8 Å². The molecular weight excluding hydrogens is 352 g/mol. The highest BCUT2D eigenvalue weighted by molar-refractivity contribution is 6.28. The summed E-state index contributed by atoms with van der Waals surface area (Å²) in [5.41, 5.74) is 11.5. The molecule has 1 saturated carbocycles. The summed E-state index contributed by atoms with van der Waals surface area (Å²) in [7, 11) is 0. The van der Waals surface area contributed by atoms with E-state index in [1.54, 1.807) is 12.1 Å². The van der Waals surface area contributed by atoms with Crippen LogP contribution >= 0.6 is 0 Å². The molecular formula is C19H18N2O6. The van der Waals surface area contributed by atoms with Crippen LogP contribution in [0.3, 0.4) is 0 Å². The molecule has 0 bridgehead atoms. The number of phenolic OH excluding ortho intramolecular Hbond substituents is 1. The summed E-state index contributed by atoms with van der Waals surface area (Å²) in [4.78, 5) is 37.4. The van der Waals surface area contributed by atoms with Crippen molar-refractivity contribution in [3.05, 3.63) is 46.2 Å². The second-order valence-corrected chi connectivity index (χ2v) is 7.23. The van der Waals surface area contributed by atoms with E-state index in [1.165, 1.54) is 6.07 Å². The molecule has 1 aromatic carbocycles. The van der Waals surface area contributed by atoms with Gasteiger partial charge in [0.1, 0.15) is 22.8 Å². The van der Waals surface area contributed by atoms with Crippen LogP contribution in [0.5, 0.6) is 5.75 Å². The molecule has 0 aliphatic heterocycles. The van der Waals surface area contributed by atoms with Gasteiger partial charge in [0, 0.05) is 5.57 Å². The van der Waals surface area contributed by atoms with Crippen molar-refractivity contribution in [3.63, 3.8) is 0 Å². The first-order valence-corrected chi connectivity index (χ1v) is 8.55. The molecule has 1 amide bonds. The number of carbonyl (C=O) groups is 3. The number of aliphatic hydroxyl groups is 2. The largest absolute Gasteiger partial charge is 0.510 e. The molecule has 1 aromatic rings. The average molecular weight is 370 g/mol. The van der Waals surface area contributed by atoms with Gasteiger partial charge in [-0.25, -0.2) is 0 Å². The van der Waals surface area contributed by atoms with E-state index in [0.29, 0.717) is 12.0 Å². The lowest BCUT2D eigenvalue weighted by Crippen LogP contribution is -2.54. The zero-order valence-corrected chi connectivity index (χ0v) is 14.2. The predicted octanol–water partition coefficient (Wildman–Crippen LogP) is 0.246. The Labute approximate surface area is 153 Å². The molecule has 3 aliphatic carbocycles. The SMILES string of the molecule is NC(=O)C1=C(O)[C@H](N)[C@@H]2C[C@@H]3Cc4cccc(O)c4C(O)=C3C(=O)[C@@H]2C1=O. The van der Waals surface area contributed by atoms with Crippen molar-refractivity contribution in [3.8, 4) is 5.75 Å². The van der Waals surface area contributed by atoms with E-state index >= 15 is 0 Å². The van der Waals surface area contributed by atoms with Crippen LogP contribution in [0.4, 0.5) is 0 Å². The molecule has 0 spiro atoms. The fraction of sp³-hybridized carbons (Fsp3) is 0.316. The molecule has 3 aliphatic rings. The summed E-state index contributed by atoms with van der Waals surface area (Å²) in [5.74, 6) is -6.18. The molecule has 0 aromatic heterocycles. The number of aromatic hydroxyl groups is 1. The third-order valence-corrected chi connectivity index (χ3v) is 5.84. The third-order valence-electron chi connectivity index (χ3n) is 5.84. The van der Waals surface area contributed by atoms with Crippen LogP contribution in [0.1, 0.15) is 17.5 Å². The lowest BCUT2D eigenvalue weighted by molar-refractivity contribution is -0.135. The van der Waals surface area contributed by atoms with Crippen LogP contribution in [-0.4, -0.2) is 38.8 Å². The molecule has 0 heterocycles. The Morgan fingerprint density at radius 3 is 2.48 bits per heavy atom. The van der Waals surface area contributed by atoms with Crippen molar-refractivity contribution in [1.82, 2.24) is 0 Å². The highest BCUT2D eigenvalue weighted by Gasteiger charge is 2.54. The van der Waals surface area contributed by atoms with Crippen LogP contribution in [0, 0.1) is 17.8 Å². The first-order valence-electron chi connectivity index (χ1n) is 8.55. The maximum atomic E-state index is 13.1. The van der Waals surface area contributed by atoms with Gasteiger partial charge in [-0.2, -0.15) is 0 Å². The minimum atomic E-state index is -1.29. The molecule has 27 heavy (non-hydrogen) atoms. The minimum Gasteiger partial charge on any atom is -0.510 e. The second-order valence-electron chi connectivity index (χ2n) is 7.23. The van der Waals surface area contributed by atoms with Gasteiger partial charge in [0.25, 0.3) is 5.91 Å². The standard InChI is InChI=1S/C19H18N2O6/c20-14-8-5-7-4-6-2-1-3-9(22)10(6)15(23)11(7)16(24)12(8)17(25)13(18(14)26)19(21)27/h1-3,7-8,12,14,22-23,26H,4-5,20H2,(H2,21,27)/t7-,8+,12+,14+/m0/s1. The lowest BCUT2D eigenvalue weighted by atomic mass is 9.60. The predicted molar refractivity (Wildman–Crippen MR) is 93.3 cm³/mol. The highest BCUT2D eigenvalue weighted by Crippen LogP contribution is 2.49. The Bertz CT molecular complexity index is 976. The Morgan fingerprint density at radius 1 is 1.11 bits per heavy atom. The van der Waals surface area contributed by atoms with E-state index in [4.69, 9.17) is 11.5 Å². The first kappa shape index (κ1) is 17.3. The van der Waals surface area contributed by atoms with E-state index < -0.39 is 52.6 Å². The molecule has 4 rings (SSSR count). The molecule has 0 saturated heterocycles. The molecule has 1 fully saturated rings. The van der Waals surface area contributed by atoms with Gasteiger partial charge >= 0.3 is 0 Å². The number of hydrogen-bond donors (Lipinski definition) is 5. The summed E-state index contributed by atoms with van der Waals surface area (Å²) in [6.45, 7) is 0. The molecule has 4 atom stereocenters. The minimum absolute atomic E-state index is 0.0519. The van der Waals surface area contributed by atoms with Crippen molar-refractivity contribution in [2.45, 2.75) is 18.9 Å². The fourth-order valence-electron chi connectivity index (χ4n) is 4.64. The lowest BCUT2D eigenvalue weighted by Gasteiger charge is -2.43. The van der Waals surface area contributed by atoms with Crippen molar-refractivity contribution in [2.75, 3.05) is 0 Å². The van der Waals surface area contributed by atoms with Crippen molar-refractivity contribution < 1.29 is 29.7 Å². The Hall–Kier alpha value is -3.13. The van der Waals surface area contributed by atoms with Crippen molar-refractivity contribution in [1.29, 1.82) is 0 Å². The number of nitrogens with two attached hydrogens (primary N) is 2. The molecule has 8 heteroatoms. The van der Waals surface area contributed by atoms with Gasteiger partial charge in [-0.15, -0.1) is 0 Å². The molecule has 7 N–H and O–H groups in total.